The van der Waals surface area contributed by atoms with Gasteiger partial charge in [-0.25, -0.2) is 0 Å². The molecular weight excluding hydrogens is 224 g/mol. The van der Waals surface area contributed by atoms with Crippen LogP contribution in [0.4, 0.5) is 5.69 Å². The molecule has 0 aliphatic carbocycles. The van der Waals surface area contributed by atoms with Gasteiger partial charge in [0.25, 0.3) is 0 Å². The van der Waals surface area contributed by atoms with Crippen molar-refractivity contribution in [3.63, 3.8) is 0 Å². The number of rotatable bonds is 3. The van der Waals surface area contributed by atoms with Gasteiger partial charge in [-0.2, -0.15) is 0 Å². The van der Waals surface area contributed by atoms with E-state index in [-0.39, 0.29) is 18.5 Å². The van der Waals surface area contributed by atoms with Crippen LogP contribution >= 0.6 is 12.4 Å². The van der Waals surface area contributed by atoms with E-state index < -0.39 is 0 Å². The fourth-order valence-electron chi connectivity index (χ4n) is 1.59. The highest BCUT2D eigenvalue weighted by Crippen LogP contribution is 2.28. The van der Waals surface area contributed by atoms with Gasteiger partial charge in [0, 0.05) is 24.3 Å². The summed E-state index contributed by atoms with van der Waals surface area (Å²) in [6.45, 7) is 3.32. The van der Waals surface area contributed by atoms with E-state index in [4.69, 9.17) is 10.5 Å². The number of hydrogen-bond donors (Lipinski definition) is 2. The summed E-state index contributed by atoms with van der Waals surface area (Å²) in [5.41, 5.74) is 7.78. The Hall–Kier alpha value is -1.19. The van der Waals surface area contributed by atoms with Gasteiger partial charge in [-0.15, -0.1) is 12.4 Å². The molecule has 1 aromatic carbocycles. The Morgan fingerprint density at radius 3 is 2.94 bits per heavy atom. The van der Waals surface area contributed by atoms with Crippen molar-refractivity contribution < 1.29 is 4.74 Å². The van der Waals surface area contributed by atoms with Crippen molar-refractivity contribution in [2.75, 3.05) is 18.4 Å². The maximum Gasteiger partial charge on any atom is 0.126 e. The second-order valence-electron chi connectivity index (χ2n) is 3.66. The molecule has 4 heteroatoms. The fourth-order valence-corrected chi connectivity index (χ4v) is 1.59. The monoisotopic (exact) mass is 240 g/mol. The van der Waals surface area contributed by atoms with Gasteiger partial charge in [0.05, 0.1) is 0 Å². The van der Waals surface area contributed by atoms with Crippen LogP contribution in [0.5, 0.6) is 0 Å². The minimum Gasteiger partial charge on any atom is -0.489 e. The molecular formula is C12H17ClN2O. The Bertz CT molecular complexity index is 379. The molecule has 0 saturated heterocycles. The largest absolute Gasteiger partial charge is 0.489 e. The summed E-state index contributed by atoms with van der Waals surface area (Å²) in [5, 5.41) is 3.30. The van der Waals surface area contributed by atoms with E-state index in [1.54, 1.807) is 0 Å². The van der Waals surface area contributed by atoms with E-state index in [2.05, 4.69) is 23.5 Å². The van der Waals surface area contributed by atoms with Crippen molar-refractivity contribution in [3.8, 4) is 0 Å². The summed E-state index contributed by atoms with van der Waals surface area (Å²) in [6.07, 6.45) is 2.11. The van der Waals surface area contributed by atoms with E-state index in [9.17, 15) is 0 Å². The van der Waals surface area contributed by atoms with Crippen molar-refractivity contribution in [1.29, 1.82) is 0 Å². The molecule has 1 atom stereocenters. The first-order valence-corrected chi connectivity index (χ1v) is 5.21. The third kappa shape index (κ3) is 2.68. The van der Waals surface area contributed by atoms with Crippen LogP contribution in [0.3, 0.4) is 0 Å². The fraction of sp³-hybridized carbons (Fsp3) is 0.333. The number of nitrogens with one attached hydrogen (secondary N) is 1. The lowest BCUT2D eigenvalue weighted by Crippen LogP contribution is -2.21. The Morgan fingerprint density at radius 2 is 2.19 bits per heavy atom. The second kappa shape index (κ2) is 5.77. The zero-order valence-corrected chi connectivity index (χ0v) is 10.1. The molecule has 0 saturated carbocycles. The zero-order valence-electron chi connectivity index (χ0n) is 9.27. The molecule has 0 amide bonds. The number of nitrogens with two attached hydrogens (primary N) is 1. The van der Waals surface area contributed by atoms with Gasteiger partial charge < -0.3 is 15.8 Å². The van der Waals surface area contributed by atoms with E-state index in [1.165, 1.54) is 0 Å². The van der Waals surface area contributed by atoms with Crippen LogP contribution in [0, 0.1) is 0 Å². The van der Waals surface area contributed by atoms with Crippen molar-refractivity contribution in [2.24, 2.45) is 5.73 Å². The van der Waals surface area contributed by atoms with Crippen LogP contribution in [0.15, 0.2) is 30.3 Å². The number of para-hydroxylation sites is 1. The Morgan fingerprint density at radius 1 is 1.44 bits per heavy atom. The quantitative estimate of drug-likeness (QED) is 0.852. The molecule has 0 bridgehead atoms. The summed E-state index contributed by atoms with van der Waals surface area (Å²) < 4.78 is 5.76. The molecule has 1 aliphatic heterocycles. The molecule has 1 heterocycles. The highest BCUT2D eigenvalue weighted by Gasteiger charge is 2.14. The van der Waals surface area contributed by atoms with Gasteiger partial charge in [-0.1, -0.05) is 12.1 Å². The lowest BCUT2D eigenvalue weighted by Gasteiger charge is -2.22. The van der Waals surface area contributed by atoms with Crippen LogP contribution < -0.4 is 11.1 Å². The first-order chi connectivity index (χ1) is 7.31. The zero-order chi connectivity index (χ0) is 10.7. The lowest BCUT2D eigenvalue weighted by atomic mass is 10.1. The van der Waals surface area contributed by atoms with Crippen LogP contribution in [-0.4, -0.2) is 19.2 Å². The third-order valence-corrected chi connectivity index (χ3v) is 2.43. The standard InChI is InChI=1S/C12H16N2O.ClH/c1-9(8-13)15-12-6-7-14-11-5-3-2-4-10(11)12;/h2-6,9,14H,7-8,13H2,1H3;1H. The van der Waals surface area contributed by atoms with Gasteiger partial charge in [0.15, 0.2) is 0 Å². The van der Waals surface area contributed by atoms with Crippen molar-refractivity contribution >= 4 is 23.9 Å². The normalized spacial score (nSPS) is 15.0. The number of anilines is 1. The van der Waals surface area contributed by atoms with Crippen molar-refractivity contribution in [2.45, 2.75) is 13.0 Å². The average Bonchev–Trinajstić information content (AvgIpc) is 2.29. The maximum absolute atomic E-state index is 5.76. The van der Waals surface area contributed by atoms with Gasteiger partial charge in [0.1, 0.15) is 11.9 Å². The van der Waals surface area contributed by atoms with Crippen molar-refractivity contribution in [3.05, 3.63) is 35.9 Å². The van der Waals surface area contributed by atoms with Gasteiger partial charge >= 0.3 is 0 Å². The molecule has 2 rings (SSSR count). The number of ether oxygens (including phenoxy) is 1. The average molecular weight is 241 g/mol. The van der Waals surface area contributed by atoms with Crippen LogP contribution in [0.25, 0.3) is 5.76 Å². The summed E-state index contributed by atoms with van der Waals surface area (Å²) >= 11 is 0. The van der Waals surface area contributed by atoms with Gasteiger partial charge in [-0.05, 0) is 25.1 Å². The molecule has 0 radical (unpaired) electrons. The van der Waals surface area contributed by atoms with Crippen LogP contribution in [0.1, 0.15) is 12.5 Å². The predicted octanol–water partition coefficient (Wildman–Crippen LogP) is 2.24. The minimum atomic E-state index is 0. The Labute approximate surface area is 102 Å². The first kappa shape index (κ1) is 12.9. The summed E-state index contributed by atoms with van der Waals surface area (Å²) in [5.74, 6) is 0.933. The molecule has 1 unspecified atom stereocenters. The molecule has 0 aromatic heterocycles. The van der Waals surface area contributed by atoms with Crippen LogP contribution in [0.2, 0.25) is 0 Å². The topological polar surface area (TPSA) is 47.3 Å². The summed E-state index contributed by atoms with van der Waals surface area (Å²) in [4.78, 5) is 0. The van der Waals surface area contributed by atoms with E-state index in [0.717, 1.165) is 23.6 Å². The lowest BCUT2D eigenvalue weighted by molar-refractivity contribution is 0.192. The third-order valence-electron chi connectivity index (χ3n) is 2.43. The van der Waals surface area contributed by atoms with Gasteiger partial charge in [-0.3, -0.25) is 0 Å². The molecule has 16 heavy (non-hydrogen) atoms. The minimum absolute atomic E-state index is 0. The molecule has 3 nitrogen and oxygen atoms in total. The molecule has 0 spiro atoms. The van der Waals surface area contributed by atoms with Gasteiger partial charge in [0.2, 0.25) is 0 Å². The van der Waals surface area contributed by atoms with Crippen LogP contribution in [-0.2, 0) is 4.74 Å². The van der Waals surface area contributed by atoms with E-state index in [1.807, 2.05) is 19.1 Å². The number of benzene rings is 1. The molecule has 0 fully saturated rings. The SMILES string of the molecule is CC(CN)OC1=CCNc2ccccc21.Cl. The molecule has 3 N–H and O–H groups in total. The Kier molecular flexibility index (Phi) is 4.65. The molecule has 1 aromatic rings. The molecule has 88 valence electrons. The number of fused-ring (bicyclic) bond motifs is 1. The predicted molar refractivity (Wildman–Crippen MR) is 69.8 cm³/mol. The number of halogens is 1. The first-order valence-electron chi connectivity index (χ1n) is 5.21. The Balaban J connectivity index is 0.00000128. The second-order valence-corrected chi connectivity index (χ2v) is 3.66. The maximum atomic E-state index is 5.76. The summed E-state index contributed by atoms with van der Waals surface area (Å²) in [6, 6.07) is 8.13. The molecule has 1 aliphatic rings. The van der Waals surface area contributed by atoms with E-state index in [0.29, 0.717) is 6.54 Å². The number of hydrogen-bond acceptors (Lipinski definition) is 3. The van der Waals surface area contributed by atoms with E-state index >= 15 is 0 Å². The highest BCUT2D eigenvalue weighted by atomic mass is 35.5. The highest BCUT2D eigenvalue weighted by molar-refractivity contribution is 5.85. The smallest absolute Gasteiger partial charge is 0.126 e. The van der Waals surface area contributed by atoms with Crippen molar-refractivity contribution in [1.82, 2.24) is 0 Å². The summed E-state index contributed by atoms with van der Waals surface area (Å²) in [7, 11) is 0.